The highest BCUT2D eigenvalue weighted by Gasteiger charge is 2.14. The molecule has 0 aliphatic carbocycles. The summed E-state index contributed by atoms with van der Waals surface area (Å²) in [6.07, 6.45) is 4.76. The molecule has 0 aromatic carbocycles. The van der Waals surface area contributed by atoms with Gasteiger partial charge < -0.3 is 10.1 Å². The number of nitrogens with zero attached hydrogens (tertiary/aromatic N) is 2. The average molecular weight is 259 g/mol. The number of rotatable bonds is 4. The third-order valence-electron chi connectivity index (χ3n) is 3.54. The van der Waals surface area contributed by atoms with Gasteiger partial charge in [0.15, 0.2) is 0 Å². The summed E-state index contributed by atoms with van der Waals surface area (Å²) in [6.45, 7) is 5.56. The second-order valence-corrected chi connectivity index (χ2v) is 5.16. The Labute approximate surface area is 114 Å². The van der Waals surface area contributed by atoms with Crippen molar-refractivity contribution in [1.29, 1.82) is 5.26 Å². The van der Waals surface area contributed by atoms with E-state index in [0.717, 1.165) is 24.2 Å². The van der Waals surface area contributed by atoms with Gasteiger partial charge in [-0.2, -0.15) is 5.26 Å². The minimum absolute atomic E-state index is 0.482. The lowest BCUT2D eigenvalue weighted by Gasteiger charge is -2.23. The maximum atomic E-state index is 9.16. The van der Waals surface area contributed by atoms with Crippen LogP contribution >= 0.6 is 0 Å². The largest absolute Gasteiger partial charge is 0.477 e. The number of hydrogen-bond acceptors (Lipinski definition) is 4. The van der Waals surface area contributed by atoms with Gasteiger partial charge in [0.25, 0.3) is 0 Å². The van der Waals surface area contributed by atoms with Crippen LogP contribution in [0.1, 0.15) is 42.5 Å². The van der Waals surface area contributed by atoms with E-state index in [1.165, 1.54) is 19.3 Å². The van der Waals surface area contributed by atoms with Gasteiger partial charge in [0, 0.05) is 11.7 Å². The lowest BCUT2D eigenvalue weighted by Crippen LogP contribution is -2.35. The lowest BCUT2D eigenvalue weighted by atomic mass is 10.0. The van der Waals surface area contributed by atoms with Crippen LogP contribution in [0, 0.1) is 25.2 Å². The Balaban J connectivity index is 1.93. The molecular formula is C15H21N3O. The normalized spacial score (nSPS) is 18.9. The van der Waals surface area contributed by atoms with Crippen molar-refractivity contribution in [2.45, 2.75) is 45.6 Å². The SMILES string of the molecule is Cc1cc(C)c(C#N)c(OCCC2CCCCN2)n1. The van der Waals surface area contributed by atoms with Crippen LogP contribution in [0.4, 0.5) is 0 Å². The lowest BCUT2D eigenvalue weighted by molar-refractivity contribution is 0.259. The number of nitrogens with one attached hydrogen (secondary N) is 1. The Bertz CT molecular complexity index is 473. The highest BCUT2D eigenvalue weighted by atomic mass is 16.5. The van der Waals surface area contributed by atoms with Crippen LogP contribution < -0.4 is 10.1 Å². The smallest absolute Gasteiger partial charge is 0.232 e. The molecule has 0 radical (unpaired) electrons. The molecule has 0 bridgehead atoms. The van der Waals surface area contributed by atoms with E-state index in [1.807, 2.05) is 19.9 Å². The minimum Gasteiger partial charge on any atom is -0.477 e. The molecule has 1 aliphatic rings. The Morgan fingerprint density at radius 2 is 2.32 bits per heavy atom. The van der Waals surface area contributed by atoms with Crippen molar-refractivity contribution in [3.05, 3.63) is 22.9 Å². The molecule has 102 valence electrons. The summed E-state index contributed by atoms with van der Waals surface area (Å²) in [7, 11) is 0. The Morgan fingerprint density at radius 1 is 1.47 bits per heavy atom. The topological polar surface area (TPSA) is 57.9 Å². The number of pyridine rings is 1. The van der Waals surface area contributed by atoms with Crippen molar-refractivity contribution in [3.63, 3.8) is 0 Å². The van der Waals surface area contributed by atoms with Gasteiger partial charge in [0.2, 0.25) is 5.88 Å². The first kappa shape index (κ1) is 13.8. The monoisotopic (exact) mass is 259 g/mol. The Morgan fingerprint density at radius 3 is 3.00 bits per heavy atom. The number of piperidine rings is 1. The van der Waals surface area contributed by atoms with Gasteiger partial charge in [0.05, 0.1) is 6.61 Å². The molecule has 1 fully saturated rings. The maximum Gasteiger partial charge on any atom is 0.232 e. The van der Waals surface area contributed by atoms with E-state index in [4.69, 9.17) is 10.00 Å². The molecule has 1 unspecified atom stereocenters. The van der Waals surface area contributed by atoms with E-state index in [-0.39, 0.29) is 0 Å². The van der Waals surface area contributed by atoms with Gasteiger partial charge in [-0.1, -0.05) is 6.42 Å². The Kier molecular flexibility index (Phi) is 4.75. The molecule has 2 rings (SSSR count). The summed E-state index contributed by atoms with van der Waals surface area (Å²) >= 11 is 0. The fourth-order valence-electron chi connectivity index (χ4n) is 2.51. The predicted octanol–water partition coefficient (Wildman–Crippen LogP) is 2.48. The van der Waals surface area contributed by atoms with E-state index in [0.29, 0.717) is 24.1 Å². The predicted molar refractivity (Wildman–Crippen MR) is 74.2 cm³/mol. The number of hydrogen-bond donors (Lipinski definition) is 1. The van der Waals surface area contributed by atoms with Crippen molar-refractivity contribution in [1.82, 2.24) is 10.3 Å². The van der Waals surface area contributed by atoms with Crippen molar-refractivity contribution >= 4 is 0 Å². The van der Waals surface area contributed by atoms with E-state index in [1.54, 1.807) is 0 Å². The zero-order chi connectivity index (χ0) is 13.7. The molecule has 4 nitrogen and oxygen atoms in total. The fraction of sp³-hybridized carbons (Fsp3) is 0.600. The molecule has 1 saturated heterocycles. The quantitative estimate of drug-likeness (QED) is 0.902. The molecule has 1 N–H and O–H groups in total. The van der Waals surface area contributed by atoms with Crippen molar-refractivity contribution in [2.75, 3.05) is 13.2 Å². The molecule has 0 amide bonds. The van der Waals surface area contributed by atoms with Crippen LogP contribution in [0.2, 0.25) is 0 Å². The highest BCUT2D eigenvalue weighted by molar-refractivity contribution is 5.45. The Hall–Kier alpha value is -1.60. The summed E-state index contributed by atoms with van der Waals surface area (Å²) in [5.74, 6) is 0.482. The summed E-state index contributed by atoms with van der Waals surface area (Å²) < 4.78 is 5.72. The average Bonchev–Trinajstić information content (AvgIpc) is 2.39. The summed E-state index contributed by atoms with van der Waals surface area (Å²) in [5.41, 5.74) is 2.38. The fourth-order valence-corrected chi connectivity index (χ4v) is 2.51. The van der Waals surface area contributed by atoms with Gasteiger partial charge in [-0.15, -0.1) is 0 Å². The summed E-state index contributed by atoms with van der Waals surface area (Å²) in [6, 6.07) is 4.63. The molecule has 19 heavy (non-hydrogen) atoms. The van der Waals surface area contributed by atoms with Crippen LogP contribution in [-0.2, 0) is 0 Å². The van der Waals surface area contributed by atoms with Gasteiger partial charge in [-0.3, -0.25) is 0 Å². The second-order valence-electron chi connectivity index (χ2n) is 5.16. The van der Waals surface area contributed by atoms with Crippen molar-refractivity contribution in [3.8, 4) is 11.9 Å². The first-order valence-corrected chi connectivity index (χ1v) is 6.95. The standard InChI is InChI=1S/C15H21N3O/c1-11-9-12(2)18-15(14(11)10-16)19-8-6-13-5-3-4-7-17-13/h9,13,17H,3-8H2,1-2H3. The molecule has 2 heterocycles. The number of nitriles is 1. The van der Waals surface area contributed by atoms with E-state index in [2.05, 4.69) is 16.4 Å². The third kappa shape index (κ3) is 3.68. The molecule has 1 aliphatic heterocycles. The summed E-state index contributed by atoms with van der Waals surface area (Å²) in [4.78, 5) is 4.32. The first-order chi connectivity index (χ1) is 9.20. The number of aryl methyl sites for hydroxylation is 2. The van der Waals surface area contributed by atoms with Crippen LogP contribution in [0.5, 0.6) is 5.88 Å². The maximum absolute atomic E-state index is 9.16. The van der Waals surface area contributed by atoms with E-state index in [9.17, 15) is 0 Å². The molecule has 4 heteroatoms. The zero-order valence-corrected chi connectivity index (χ0v) is 11.7. The van der Waals surface area contributed by atoms with Gasteiger partial charge >= 0.3 is 0 Å². The minimum atomic E-state index is 0.482. The van der Waals surface area contributed by atoms with Crippen LogP contribution in [-0.4, -0.2) is 24.2 Å². The van der Waals surface area contributed by atoms with E-state index >= 15 is 0 Å². The second kappa shape index (κ2) is 6.53. The third-order valence-corrected chi connectivity index (χ3v) is 3.54. The van der Waals surface area contributed by atoms with Crippen LogP contribution in [0.15, 0.2) is 6.07 Å². The molecule has 0 saturated carbocycles. The highest BCUT2D eigenvalue weighted by Crippen LogP contribution is 2.20. The van der Waals surface area contributed by atoms with Crippen molar-refractivity contribution in [2.24, 2.45) is 0 Å². The summed E-state index contributed by atoms with van der Waals surface area (Å²) in [5, 5.41) is 12.6. The molecule has 0 spiro atoms. The van der Waals surface area contributed by atoms with Gasteiger partial charge in [0.1, 0.15) is 11.6 Å². The van der Waals surface area contributed by atoms with Gasteiger partial charge in [-0.25, -0.2) is 4.98 Å². The van der Waals surface area contributed by atoms with E-state index < -0.39 is 0 Å². The molecule has 1 aromatic rings. The molecule has 1 aromatic heterocycles. The number of ether oxygens (including phenoxy) is 1. The first-order valence-electron chi connectivity index (χ1n) is 6.95. The van der Waals surface area contributed by atoms with Crippen LogP contribution in [0.25, 0.3) is 0 Å². The molecule has 1 atom stereocenters. The molecular weight excluding hydrogens is 238 g/mol. The van der Waals surface area contributed by atoms with Crippen molar-refractivity contribution < 1.29 is 4.74 Å². The van der Waals surface area contributed by atoms with Crippen LogP contribution in [0.3, 0.4) is 0 Å². The number of aromatic nitrogens is 1. The van der Waals surface area contributed by atoms with Gasteiger partial charge in [-0.05, 0) is 51.3 Å². The zero-order valence-electron chi connectivity index (χ0n) is 11.7.